The van der Waals surface area contributed by atoms with Crippen molar-refractivity contribution < 1.29 is 24.1 Å². The average Bonchev–Trinajstić information content (AvgIpc) is 3.23. The van der Waals surface area contributed by atoms with Crippen LogP contribution in [0, 0.1) is 0 Å². The van der Waals surface area contributed by atoms with Gasteiger partial charge in [0, 0.05) is 19.7 Å². The van der Waals surface area contributed by atoms with E-state index in [4.69, 9.17) is 18.9 Å². The van der Waals surface area contributed by atoms with E-state index in [1.807, 2.05) is 0 Å². The molecule has 0 amide bonds. The SMILES string of the molecule is COCCOCCOCCOCC(C)(O)CNC1CC1. The topological polar surface area (TPSA) is 69.2 Å². The van der Waals surface area contributed by atoms with E-state index in [0.29, 0.717) is 58.8 Å². The van der Waals surface area contributed by atoms with Gasteiger partial charge in [-0.05, 0) is 19.8 Å². The molecule has 0 bridgehead atoms. The van der Waals surface area contributed by atoms with E-state index >= 15 is 0 Å². The molecule has 1 aliphatic carbocycles. The fraction of sp³-hybridized carbons (Fsp3) is 1.00. The molecule has 0 aromatic heterocycles. The second kappa shape index (κ2) is 10.5. The highest BCUT2D eigenvalue weighted by Crippen LogP contribution is 2.19. The van der Waals surface area contributed by atoms with Crippen molar-refractivity contribution in [3.05, 3.63) is 0 Å². The van der Waals surface area contributed by atoms with Gasteiger partial charge in [-0.2, -0.15) is 0 Å². The van der Waals surface area contributed by atoms with Gasteiger partial charge in [-0.15, -0.1) is 0 Å². The van der Waals surface area contributed by atoms with Gasteiger partial charge in [0.1, 0.15) is 0 Å². The van der Waals surface area contributed by atoms with Crippen LogP contribution in [0.1, 0.15) is 19.8 Å². The Bertz CT molecular complexity index is 234. The summed E-state index contributed by atoms with van der Waals surface area (Å²) in [6, 6.07) is 0.600. The molecular formula is C14H29NO5. The smallest absolute Gasteiger partial charge is 0.0975 e. The first-order valence-electron chi connectivity index (χ1n) is 7.32. The fourth-order valence-corrected chi connectivity index (χ4v) is 1.58. The zero-order valence-electron chi connectivity index (χ0n) is 12.7. The van der Waals surface area contributed by atoms with Crippen molar-refractivity contribution in [1.82, 2.24) is 5.32 Å². The largest absolute Gasteiger partial charge is 0.386 e. The Kier molecular flexibility index (Phi) is 9.33. The molecule has 6 heteroatoms. The Morgan fingerprint density at radius 1 is 1.00 bits per heavy atom. The van der Waals surface area contributed by atoms with Gasteiger partial charge in [-0.3, -0.25) is 0 Å². The number of methoxy groups -OCH3 is 1. The number of nitrogens with one attached hydrogen (secondary N) is 1. The molecule has 1 aliphatic rings. The molecule has 1 saturated carbocycles. The summed E-state index contributed by atoms with van der Waals surface area (Å²) in [4.78, 5) is 0. The van der Waals surface area contributed by atoms with Gasteiger partial charge in [0.05, 0.1) is 51.8 Å². The van der Waals surface area contributed by atoms with Gasteiger partial charge in [-0.1, -0.05) is 0 Å². The molecule has 0 aromatic rings. The average molecular weight is 291 g/mol. The highest BCUT2D eigenvalue weighted by molar-refractivity contribution is 4.85. The van der Waals surface area contributed by atoms with E-state index in [9.17, 15) is 5.11 Å². The van der Waals surface area contributed by atoms with Crippen molar-refractivity contribution in [3.63, 3.8) is 0 Å². The summed E-state index contributed by atoms with van der Waals surface area (Å²) in [5, 5.41) is 13.3. The predicted octanol–water partition coefficient (Wildman–Crippen LogP) is 0.186. The normalized spacial score (nSPS) is 18.1. The lowest BCUT2D eigenvalue weighted by Gasteiger charge is -2.23. The predicted molar refractivity (Wildman–Crippen MR) is 76.0 cm³/mol. The van der Waals surface area contributed by atoms with Crippen molar-refractivity contribution >= 4 is 0 Å². The van der Waals surface area contributed by atoms with Crippen LogP contribution in [-0.4, -0.2) is 76.7 Å². The first kappa shape index (κ1) is 17.8. The van der Waals surface area contributed by atoms with Crippen molar-refractivity contribution in [2.24, 2.45) is 0 Å². The lowest BCUT2D eigenvalue weighted by Crippen LogP contribution is -2.42. The number of hydrogen-bond donors (Lipinski definition) is 2. The Hall–Kier alpha value is -0.240. The minimum Gasteiger partial charge on any atom is -0.386 e. The van der Waals surface area contributed by atoms with Crippen LogP contribution in [0.4, 0.5) is 0 Å². The molecule has 0 spiro atoms. The molecule has 1 fully saturated rings. The standard InChI is InChI=1S/C14H29NO5/c1-14(16,11-15-13-3-4-13)12-20-10-9-19-8-7-18-6-5-17-2/h13,15-16H,3-12H2,1-2H3. The van der Waals surface area contributed by atoms with Crippen molar-refractivity contribution in [1.29, 1.82) is 0 Å². The minimum atomic E-state index is -0.814. The quantitative estimate of drug-likeness (QED) is 0.445. The van der Waals surface area contributed by atoms with E-state index in [2.05, 4.69) is 5.32 Å². The van der Waals surface area contributed by atoms with Crippen LogP contribution in [0.25, 0.3) is 0 Å². The number of hydrogen-bond acceptors (Lipinski definition) is 6. The van der Waals surface area contributed by atoms with E-state index in [0.717, 1.165) is 0 Å². The third-order valence-corrected chi connectivity index (χ3v) is 2.94. The molecular weight excluding hydrogens is 262 g/mol. The zero-order valence-corrected chi connectivity index (χ0v) is 12.7. The van der Waals surface area contributed by atoms with Crippen molar-refractivity contribution in [3.8, 4) is 0 Å². The molecule has 20 heavy (non-hydrogen) atoms. The summed E-state index contributed by atoms with van der Waals surface area (Å²) in [6.45, 7) is 5.98. The van der Waals surface area contributed by atoms with Crippen LogP contribution in [0.2, 0.25) is 0 Å². The van der Waals surface area contributed by atoms with E-state index < -0.39 is 5.60 Å². The summed E-state index contributed by atoms with van der Waals surface area (Å²) in [5.41, 5.74) is -0.814. The zero-order chi connectivity index (χ0) is 14.7. The fourth-order valence-electron chi connectivity index (χ4n) is 1.58. The maximum atomic E-state index is 10.1. The van der Waals surface area contributed by atoms with Crippen LogP contribution in [-0.2, 0) is 18.9 Å². The highest BCUT2D eigenvalue weighted by Gasteiger charge is 2.26. The first-order valence-corrected chi connectivity index (χ1v) is 7.32. The molecule has 2 N–H and O–H groups in total. The maximum Gasteiger partial charge on any atom is 0.0975 e. The summed E-state index contributed by atoms with van der Waals surface area (Å²) >= 11 is 0. The number of rotatable bonds is 14. The lowest BCUT2D eigenvalue weighted by molar-refractivity contribution is -0.0512. The lowest BCUT2D eigenvalue weighted by atomic mass is 10.1. The highest BCUT2D eigenvalue weighted by atomic mass is 16.6. The Morgan fingerprint density at radius 3 is 2.10 bits per heavy atom. The number of aliphatic hydroxyl groups is 1. The molecule has 1 atom stereocenters. The molecule has 0 heterocycles. The second-order valence-corrected chi connectivity index (χ2v) is 5.42. The first-order chi connectivity index (χ1) is 9.64. The Morgan fingerprint density at radius 2 is 1.55 bits per heavy atom. The van der Waals surface area contributed by atoms with E-state index in [-0.39, 0.29) is 0 Å². The van der Waals surface area contributed by atoms with Gasteiger partial charge < -0.3 is 29.4 Å². The summed E-state index contributed by atoms with van der Waals surface area (Å²) < 4.78 is 20.9. The van der Waals surface area contributed by atoms with Gasteiger partial charge in [0.2, 0.25) is 0 Å². The third kappa shape index (κ3) is 10.5. The molecule has 1 unspecified atom stereocenters. The molecule has 0 aromatic carbocycles. The summed E-state index contributed by atoms with van der Waals surface area (Å²) in [5.74, 6) is 0. The molecule has 6 nitrogen and oxygen atoms in total. The molecule has 1 rings (SSSR count). The minimum absolute atomic E-state index is 0.320. The Balaban J connectivity index is 1.80. The molecule has 120 valence electrons. The molecule has 0 radical (unpaired) electrons. The number of ether oxygens (including phenoxy) is 4. The second-order valence-electron chi connectivity index (χ2n) is 5.42. The van der Waals surface area contributed by atoms with Gasteiger partial charge >= 0.3 is 0 Å². The molecule has 0 aliphatic heterocycles. The van der Waals surface area contributed by atoms with E-state index in [1.54, 1.807) is 14.0 Å². The van der Waals surface area contributed by atoms with Gasteiger partial charge in [0.15, 0.2) is 0 Å². The van der Waals surface area contributed by atoms with E-state index in [1.165, 1.54) is 12.8 Å². The molecule has 0 saturated heterocycles. The van der Waals surface area contributed by atoms with Crippen molar-refractivity contribution in [2.45, 2.75) is 31.4 Å². The van der Waals surface area contributed by atoms with Gasteiger partial charge in [0.25, 0.3) is 0 Å². The van der Waals surface area contributed by atoms with Gasteiger partial charge in [-0.25, -0.2) is 0 Å². The van der Waals surface area contributed by atoms with Crippen LogP contribution in [0.5, 0.6) is 0 Å². The van der Waals surface area contributed by atoms with Crippen LogP contribution in [0.3, 0.4) is 0 Å². The summed E-state index contributed by atoms with van der Waals surface area (Å²) in [7, 11) is 1.65. The third-order valence-electron chi connectivity index (χ3n) is 2.94. The van der Waals surface area contributed by atoms with Crippen LogP contribution >= 0.6 is 0 Å². The summed E-state index contributed by atoms with van der Waals surface area (Å²) in [6.07, 6.45) is 2.44. The van der Waals surface area contributed by atoms with Crippen molar-refractivity contribution in [2.75, 3.05) is 59.9 Å². The van der Waals surface area contributed by atoms with Crippen LogP contribution < -0.4 is 5.32 Å². The maximum absolute atomic E-state index is 10.1. The monoisotopic (exact) mass is 291 g/mol. The van der Waals surface area contributed by atoms with Crippen LogP contribution in [0.15, 0.2) is 0 Å². The Labute approximate surface area is 121 Å².